The van der Waals surface area contributed by atoms with Crippen LogP contribution in [0.5, 0.6) is 6.01 Å². The average Bonchev–Trinajstić information content (AvgIpc) is 2.48. The van der Waals surface area contributed by atoms with Crippen LogP contribution in [0.1, 0.15) is 11.4 Å². The van der Waals surface area contributed by atoms with E-state index in [2.05, 4.69) is 36.3 Å². The minimum absolute atomic E-state index is 0.00157. The molecule has 1 aromatic heterocycles. The Morgan fingerprint density at radius 1 is 1.21 bits per heavy atom. The second kappa shape index (κ2) is 7.12. The number of anilines is 1. The number of aryl methyl sites for hydroxylation is 1. The first-order chi connectivity index (χ1) is 11.2. The van der Waals surface area contributed by atoms with Gasteiger partial charge in [0, 0.05) is 0 Å². The van der Waals surface area contributed by atoms with Crippen molar-refractivity contribution < 1.29 is 17.9 Å². The average molecular weight is 415 g/mol. The number of aromatic nitrogens is 3. The molecule has 9 nitrogen and oxygen atoms in total. The molecule has 0 unspecified atom stereocenters. The van der Waals surface area contributed by atoms with Crippen molar-refractivity contribution in [1.82, 2.24) is 19.7 Å². The fraction of sp³-hybridized carbons (Fsp3) is 0.231. The zero-order valence-corrected chi connectivity index (χ0v) is 15.6. The van der Waals surface area contributed by atoms with E-state index in [1.54, 1.807) is 26.0 Å². The molecule has 1 radical (unpaired) electrons. The second-order valence-corrected chi connectivity index (χ2v) is 7.21. The summed E-state index contributed by atoms with van der Waals surface area (Å²) in [5.41, 5.74) is 0.510. The quantitative estimate of drug-likeness (QED) is 0.663. The molecular weight excluding hydrogens is 401 g/mol. The molecule has 0 saturated heterocycles. The van der Waals surface area contributed by atoms with E-state index < -0.39 is 16.1 Å². The van der Waals surface area contributed by atoms with Crippen LogP contribution in [-0.4, -0.2) is 52.5 Å². The van der Waals surface area contributed by atoms with Crippen LogP contribution in [0, 0.1) is 13.8 Å². The first kappa shape index (κ1) is 18.1. The molecule has 2 aromatic rings. The number of nitrogens with zero attached hydrogens (tertiary/aromatic N) is 3. The van der Waals surface area contributed by atoms with E-state index in [9.17, 15) is 13.2 Å². The zero-order valence-electron chi connectivity index (χ0n) is 13.0. The molecule has 1 aromatic carbocycles. The van der Waals surface area contributed by atoms with Gasteiger partial charge in [0.25, 0.3) is 0 Å². The molecule has 0 aliphatic rings. The third-order valence-electron chi connectivity index (χ3n) is 2.89. The monoisotopic (exact) mass is 416 g/mol. The van der Waals surface area contributed by atoms with E-state index in [1.165, 1.54) is 13.2 Å². The number of nitrogens with one attached hydrogen (secondary N) is 2. The number of hydrogen-bond acceptors (Lipinski definition) is 7. The van der Waals surface area contributed by atoms with Gasteiger partial charge in [0.1, 0.15) is 0 Å². The molecule has 0 bridgehead atoms. The number of amides is 2. The standard InChI is InChI=1S/C13H14N5O4SSe/c1-7-9(5-4-6-10(7)24)23(20,21)18-12(19)16-11-14-8(2)15-13(17-11)22-3/h4-6H,1-3H3,(H2,14,15,16,17,18,19). The Labute approximate surface area is 147 Å². The number of methoxy groups -OCH3 is 1. The van der Waals surface area contributed by atoms with Gasteiger partial charge >= 0.3 is 147 Å². The SMILES string of the molecule is COc1nc(C)nc(NC(=O)NS(=O)(=O)c2cccc([Se])c2C)n1. The van der Waals surface area contributed by atoms with Crippen molar-refractivity contribution in [2.24, 2.45) is 0 Å². The summed E-state index contributed by atoms with van der Waals surface area (Å²) in [6.07, 6.45) is 0. The summed E-state index contributed by atoms with van der Waals surface area (Å²) < 4.78 is 32.1. The summed E-state index contributed by atoms with van der Waals surface area (Å²) in [7, 11) is -2.68. The van der Waals surface area contributed by atoms with Crippen molar-refractivity contribution >= 4 is 42.5 Å². The normalized spacial score (nSPS) is 11.0. The van der Waals surface area contributed by atoms with Crippen molar-refractivity contribution in [3.05, 3.63) is 29.6 Å². The topological polar surface area (TPSA) is 123 Å². The van der Waals surface area contributed by atoms with Crippen LogP contribution in [0.3, 0.4) is 0 Å². The van der Waals surface area contributed by atoms with Crippen LogP contribution < -0.4 is 19.2 Å². The number of benzene rings is 1. The Morgan fingerprint density at radius 3 is 2.58 bits per heavy atom. The summed E-state index contributed by atoms with van der Waals surface area (Å²) in [5.74, 6) is 0.187. The van der Waals surface area contributed by atoms with E-state index in [0.29, 0.717) is 15.8 Å². The minimum atomic E-state index is -4.04. The number of urea groups is 1. The molecular formula is C13H14N5O4SSe. The molecule has 11 heteroatoms. The van der Waals surface area contributed by atoms with Crippen molar-refractivity contribution in [1.29, 1.82) is 0 Å². The van der Waals surface area contributed by atoms with Gasteiger partial charge in [-0.15, -0.1) is 0 Å². The molecule has 0 spiro atoms. The molecule has 1 heterocycles. The summed E-state index contributed by atoms with van der Waals surface area (Å²) in [6.45, 7) is 3.22. The predicted octanol–water partition coefficient (Wildman–Crippen LogP) is -0.199. The summed E-state index contributed by atoms with van der Waals surface area (Å²) in [4.78, 5) is 23.5. The van der Waals surface area contributed by atoms with Gasteiger partial charge in [-0.05, 0) is 0 Å². The van der Waals surface area contributed by atoms with Crippen molar-refractivity contribution in [3.63, 3.8) is 0 Å². The van der Waals surface area contributed by atoms with Gasteiger partial charge in [-0.2, -0.15) is 0 Å². The molecule has 0 aliphatic carbocycles. The van der Waals surface area contributed by atoms with Crippen molar-refractivity contribution in [2.45, 2.75) is 18.7 Å². The van der Waals surface area contributed by atoms with E-state index in [0.717, 1.165) is 0 Å². The number of hydrogen-bond donors (Lipinski definition) is 2. The van der Waals surface area contributed by atoms with Gasteiger partial charge in [0.15, 0.2) is 0 Å². The fourth-order valence-electron chi connectivity index (χ4n) is 1.79. The maximum absolute atomic E-state index is 12.3. The van der Waals surface area contributed by atoms with Gasteiger partial charge in [-0.25, -0.2) is 0 Å². The first-order valence-electron chi connectivity index (χ1n) is 6.60. The Kier molecular flexibility index (Phi) is 5.37. The third-order valence-corrected chi connectivity index (χ3v) is 5.29. The summed E-state index contributed by atoms with van der Waals surface area (Å²) >= 11 is 2.76. The second-order valence-electron chi connectivity index (χ2n) is 4.63. The van der Waals surface area contributed by atoms with Crippen molar-refractivity contribution in [3.8, 4) is 6.01 Å². The Morgan fingerprint density at radius 2 is 1.92 bits per heavy atom. The van der Waals surface area contributed by atoms with E-state index in [4.69, 9.17) is 4.74 Å². The third kappa shape index (κ3) is 4.19. The van der Waals surface area contributed by atoms with E-state index in [-0.39, 0.29) is 16.9 Å². The Bertz CT molecular complexity index is 888. The van der Waals surface area contributed by atoms with Crippen LogP contribution in [-0.2, 0) is 10.0 Å². The van der Waals surface area contributed by atoms with E-state index in [1.807, 2.05) is 4.72 Å². The molecule has 2 rings (SSSR count). The van der Waals surface area contributed by atoms with Crippen LogP contribution in [0.4, 0.5) is 10.7 Å². The van der Waals surface area contributed by atoms with Crippen LogP contribution in [0.25, 0.3) is 0 Å². The molecule has 2 N–H and O–H groups in total. The molecule has 0 saturated carbocycles. The number of carbonyl (C=O) groups excluding carboxylic acids is 1. The van der Waals surface area contributed by atoms with Gasteiger partial charge in [0.05, 0.1) is 0 Å². The Hall–Kier alpha value is -2.23. The summed E-state index contributed by atoms with van der Waals surface area (Å²) in [5, 5.41) is 2.24. The predicted molar refractivity (Wildman–Crippen MR) is 87.0 cm³/mol. The number of ether oxygens (including phenoxy) is 1. The van der Waals surface area contributed by atoms with Crippen LogP contribution in [0.15, 0.2) is 23.1 Å². The fourth-order valence-corrected chi connectivity index (χ4v) is 3.51. The van der Waals surface area contributed by atoms with Crippen molar-refractivity contribution in [2.75, 3.05) is 12.4 Å². The molecule has 0 aliphatic heterocycles. The molecule has 2 amide bonds. The number of carbonyl (C=O) groups is 1. The van der Waals surface area contributed by atoms with Crippen LogP contribution >= 0.6 is 0 Å². The van der Waals surface area contributed by atoms with Gasteiger partial charge in [0.2, 0.25) is 0 Å². The first-order valence-corrected chi connectivity index (χ1v) is 8.94. The molecule has 24 heavy (non-hydrogen) atoms. The molecule has 0 atom stereocenters. The van der Waals surface area contributed by atoms with Crippen LogP contribution in [0.2, 0.25) is 0 Å². The summed E-state index contributed by atoms with van der Waals surface area (Å²) in [6, 6.07) is 3.72. The molecule has 0 fully saturated rings. The van der Waals surface area contributed by atoms with Gasteiger partial charge in [-0.3, -0.25) is 0 Å². The maximum atomic E-state index is 12.3. The van der Waals surface area contributed by atoms with Gasteiger partial charge < -0.3 is 0 Å². The number of rotatable bonds is 4. The Balaban J connectivity index is 2.20. The zero-order chi connectivity index (χ0) is 17.9. The van der Waals surface area contributed by atoms with E-state index >= 15 is 0 Å². The molecule has 127 valence electrons. The number of sulfonamides is 1. The van der Waals surface area contributed by atoms with Gasteiger partial charge in [-0.1, -0.05) is 0 Å².